The van der Waals surface area contributed by atoms with Gasteiger partial charge in [-0.1, -0.05) is 26.0 Å². The zero-order valence-electron chi connectivity index (χ0n) is 17.2. The number of aromatic nitrogens is 2. The Hall–Kier alpha value is -2.48. The summed E-state index contributed by atoms with van der Waals surface area (Å²) < 4.78 is 38.9. The van der Waals surface area contributed by atoms with Gasteiger partial charge in [0.1, 0.15) is 0 Å². The van der Waals surface area contributed by atoms with Gasteiger partial charge in [0.2, 0.25) is 5.91 Å². The number of hydrogen-bond acceptors (Lipinski definition) is 4. The van der Waals surface area contributed by atoms with Crippen molar-refractivity contribution < 1.29 is 18.0 Å². The first-order chi connectivity index (χ1) is 14.2. The van der Waals surface area contributed by atoms with Crippen molar-refractivity contribution in [2.75, 3.05) is 13.1 Å². The van der Waals surface area contributed by atoms with E-state index in [0.717, 1.165) is 30.5 Å². The number of nitrogens with one attached hydrogen (secondary N) is 1. The van der Waals surface area contributed by atoms with Crippen LogP contribution in [0.25, 0.3) is 0 Å². The van der Waals surface area contributed by atoms with E-state index in [1.165, 1.54) is 12.1 Å². The highest BCUT2D eigenvalue weighted by Gasteiger charge is 2.32. The first-order valence-corrected chi connectivity index (χ1v) is 10.2. The normalized spacial score (nSPS) is 17.1. The van der Waals surface area contributed by atoms with Crippen LogP contribution in [0.3, 0.4) is 0 Å². The van der Waals surface area contributed by atoms with E-state index in [1.807, 2.05) is 13.8 Å². The highest BCUT2D eigenvalue weighted by Crippen LogP contribution is 2.33. The molecule has 0 spiro atoms. The number of rotatable bonds is 6. The molecule has 1 aliphatic heterocycles. The van der Waals surface area contributed by atoms with Gasteiger partial charge >= 0.3 is 6.18 Å². The van der Waals surface area contributed by atoms with E-state index in [4.69, 9.17) is 0 Å². The van der Waals surface area contributed by atoms with Gasteiger partial charge in [0.25, 0.3) is 0 Å². The predicted molar refractivity (Wildman–Crippen MR) is 108 cm³/mol. The van der Waals surface area contributed by atoms with Gasteiger partial charge in [-0.15, -0.1) is 0 Å². The number of amides is 1. The quantitative estimate of drug-likeness (QED) is 0.761. The maximum atomic E-state index is 13.0. The fraction of sp³-hybridized carbons (Fsp3) is 0.500. The van der Waals surface area contributed by atoms with Crippen molar-refractivity contribution in [1.29, 1.82) is 0 Å². The SMILES string of the molecule is CC(C)CC(=O)NC1CCN(C(c2ccc(C(F)(F)F)cc2)c2cnccn2)CC1. The van der Waals surface area contributed by atoms with Gasteiger partial charge in [0, 0.05) is 37.9 Å². The first-order valence-electron chi connectivity index (χ1n) is 10.2. The van der Waals surface area contributed by atoms with E-state index in [-0.39, 0.29) is 18.0 Å². The van der Waals surface area contributed by atoms with E-state index >= 15 is 0 Å². The van der Waals surface area contributed by atoms with Crippen molar-refractivity contribution >= 4 is 5.91 Å². The number of carbonyl (C=O) groups excluding carboxylic acids is 1. The molecule has 2 aromatic rings. The molecule has 1 aromatic carbocycles. The van der Waals surface area contributed by atoms with Gasteiger partial charge in [-0.05, 0) is 36.5 Å². The topological polar surface area (TPSA) is 58.1 Å². The number of carbonyl (C=O) groups is 1. The van der Waals surface area contributed by atoms with Gasteiger partial charge in [0.05, 0.1) is 23.5 Å². The number of nitrogens with zero attached hydrogens (tertiary/aromatic N) is 3. The maximum Gasteiger partial charge on any atom is 0.416 e. The molecular formula is C22H27F3N4O. The number of halogens is 3. The van der Waals surface area contributed by atoms with Crippen molar-refractivity contribution in [1.82, 2.24) is 20.2 Å². The molecule has 1 N–H and O–H groups in total. The molecule has 1 saturated heterocycles. The zero-order chi connectivity index (χ0) is 21.7. The molecule has 1 atom stereocenters. The number of benzene rings is 1. The minimum atomic E-state index is -4.37. The second-order valence-corrected chi connectivity index (χ2v) is 8.13. The summed E-state index contributed by atoms with van der Waals surface area (Å²) in [4.78, 5) is 22.8. The van der Waals surface area contributed by atoms with Gasteiger partial charge in [-0.25, -0.2) is 0 Å². The van der Waals surface area contributed by atoms with Gasteiger partial charge < -0.3 is 5.32 Å². The van der Waals surface area contributed by atoms with Crippen LogP contribution in [0.1, 0.15) is 56.0 Å². The van der Waals surface area contributed by atoms with Crippen molar-refractivity contribution in [2.24, 2.45) is 5.92 Å². The van der Waals surface area contributed by atoms with Crippen LogP contribution < -0.4 is 5.32 Å². The molecule has 1 aliphatic rings. The second kappa shape index (κ2) is 9.55. The highest BCUT2D eigenvalue weighted by molar-refractivity contribution is 5.76. The Morgan fingerprint density at radius 3 is 2.37 bits per heavy atom. The van der Waals surface area contributed by atoms with Crippen molar-refractivity contribution in [2.45, 2.75) is 51.4 Å². The molecule has 1 unspecified atom stereocenters. The summed E-state index contributed by atoms with van der Waals surface area (Å²) in [6.45, 7) is 5.43. The Balaban J connectivity index is 1.74. The summed E-state index contributed by atoms with van der Waals surface area (Å²) in [5.74, 6) is 0.377. The van der Waals surface area contributed by atoms with Crippen LogP contribution in [0.5, 0.6) is 0 Å². The van der Waals surface area contributed by atoms with Crippen LogP contribution in [-0.4, -0.2) is 39.9 Å². The van der Waals surface area contributed by atoms with Crippen molar-refractivity contribution in [3.05, 3.63) is 59.7 Å². The molecule has 1 amide bonds. The number of piperidine rings is 1. The Kier molecular flexibility index (Phi) is 7.07. The van der Waals surface area contributed by atoms with Crippen LogP contribution in [0.15, 0.2) is 42.9 Å². The van der Waals surface area contributed by atoms with E-state index in [1.54, 1.807) is 18.6 Å². The molecule has 0 bridgehead atoms. The molecular weight excluding hydrogens is 393 g/mol. The summed E-state index contributed by atoms with van der Waals surface area (Å²) in [6.07, 6.45) is 2.51. The van der Waals surface area contributed by atoms with Crippen LogP contribution in [0.2, 0.25) is 0 Å². The fourth-order valence-electron chi connectivity index (χ4n) is 3.83. The molecule has 0 radical (unpaired) electrons. The molecule has 1 aromatic heterocycles. The lowest BCUT2D eigenvalue weighted by molar-refractivity contribution is -0.137. The van der Waals surface area contributed by atoms with Crippen LogP contribution in [0.4, 0.5) is 13.2 Å². The first kappa shape index (κ1) is 22.2. The van der Waals surface area contributed by atoms with Crippen molar-refractivity contribution in [3.8, 4) is 0 Å². The Morgan fingerprint density at radius 1 is 1.17 bits per heavy atom. The molecule has 8 heteroatoms. The minimum Gasteiger partial charge on any atom is -0.353 e. The third kappa shape index (κ3) is 5.78. The Morgan fingerprint density at radius 2 is 1.83 bits per heavy atom. The smallest absolute Gasteiger partial charge is 0.353 e. The number of likely N-dealkylation sites (tertiary alicyclic amines) is 1. The highest BCUT2D eigenvalue weighted by atomic mass is 19.4. The fourth-order valence-corrected chi connectivity index (χ4v) is 3.83. The molecule has 2 heterocycles. The average molecular weight is 420 g/mol. The Bertz CT molecular complexity index is 817. The van der Waals surface area contributed by atoms with Gasteiger partial charge in [-0.3, -0.25) is 19.7 Å². The van der Waals surface area contributed by atoms with Gasteiger partial charge in [0.15, 0.2) is 0 Å². The summed E-state index contributed by atoms with van der Waals surface area (Å²) in [5, 5.41) is 3.09. The van der Waals surface area contributed by atoms with E-state index in [0.29, 0.717) is 31.1 Å². The predicted octanol–water partition coefficient (Wildman–Crippen LogP) is 4.21. The Labute approximate surface area is 174 Å². The second-order valence-electron chi connectivity index (χ2n) is 8.13. The largest absolute Gasteiger partial charge is 0.416 e. The zero-order valence-corrected chi connectivity index (χ0v) is 17.2. The third-order valence-electron chi connectivity index (χ3n) is 5.27. The van der Waals surface area contributed by atoms with E-state index in [2.05, 4.69) is 20.2 Å². The number of alkyl halides is 3. The molecule has 3 rings (SSSR count). The van der Waals surface area contributed by atoms with Crippen LogP contribution >= 0.6 is 0 Å². The molecule has 0 aliphatic carbocycles. The molecule has 30 heavy (non-hydrogen) atoms. The lowest BCUT2D eigenvalue weighted by Gasteiger charge is -2.37. The lowest BCUT2D eigenvalue weighted by Crippen LogP contribution is -2.46. The number of hydrogen-bond donors (Lipinski definition) is 1. The summed E-state index contributed by atoms with van der Waals surface area (Å²) in [5.41, 5.74) is 0.765. The standard InChI is InChI=1S/C22H27F3N4O/c1-15(2)13-20(30)28-18-7-11-29(12-8-18)21(19-14-26-9-10-27-19)16-3-5-17(6-4-16)22(23,24)25/h3-6,9-10,14-15,18,21H,7-8,11-13H2,1-2H3,(H,28,30). The summed E-state index contributed by atoms with van der Waals surface area (Å²) in [6, 6.07) is 5.07. The third-order valence-corrected chi connectivity index (χ3v) is 5.27. The molecule has 162 valence electrons. The minimum absolute atomic E-state index is 0.0664. The van der Waals surface area contributed by atoms with Crippen LogP contribution in [0, 0.1) is 5.92 Å². The van der Waals surface area contributed by atoms with Crippen LogP contribution in [-0.2, 0) is 11.0 Å². The molecule has 0 saturated carbocycles. The average Bonchev–Trinajstić information content (AvgIpc) is 2.69. The summed E-state index contributed by atoms with van der Waals surface area (Å²) in [7, 11) is 0. The van der Waals surface area contributed by atoms with E-state index in [9.17, 15) is 18.0 Å². The molecule has 5 nitrogen and oxygen atoms in total. The van der Waals surface area contributed by atoms with Crippen molar-refractivity contribution in [3.63, 3.8) is 0 Å². The summed E-state index contributed by atoms with van der Waals surface area (Å²) >= 11 is 0. The maximum absolute atomic E-state index is 13.0. The van der Waals surface area contributed by atoms with Gasteiger partial charge in [-0.2, -0.15) is 13.2 Å². The van der Waals surface area contributed by atoms with E-state index < -0.39 is 11.7 Å². The monoisotopic (exact) mass is 420 g/mol. The lowest BCUT2D eigenvalue weighted by atomic mass is 9.96. The molecule has 1 fully saturated rings.